The molecule has 0 aliphatic rings. The van der Waals surface area contributed by atoms with Crippen molar-refractivity contribution in [3.63, 3.8) is 0 Å². The Morgan fingerprint density at radius 2 is 2.55 bits per heavy atom. The van der Waals surface area contributed by atoms with Crippen molar-refractivity contribution >= 4 is 6.29 Å². The lowest BCUT2D eigenvalue weighted by molar-refractivity contribution is 0.112. The van der Waals surface area contributed by atoms with E-state index >= 15 is 0 Å². The van der Waals surface area contributed by atoms with E-state index in [1.807, 2.05) is 6.92 Å². The minimum absolute atomic E-state index is 0.550. The Bertz CT molecular complexity index is 243. The van der Waals surface area contributed by atoms with E-state index in [0.717, 1.165) is 6.29 Å². The van der Waals surface area contributed by atoms with E-state index in [4.69, 9.17) is 4.74 Å². The van der Waals surface area contributed by atoms with Crippen LogP contribution < -0.4 is 4.74 Å². The van der Waals surface area contributed by atoms with Gasteiger partial charge in [-0.3, -0.25) is 4.79 Å². The van der Waals surface area contributed by atoms with Crippen molar-refractivity contribution in [1.29, 1.82) is 0 Å². The van der Waals surface area contributed by atoms with Gasteiger partial charge in [-0.1, -0.05) is 6.07 Å². The predicted molar refractivity (Wildman–Crippen MR) is 41.8 cm³/mol. The summed E-state index contributed by atoms with van der Waals surface area (Å²) < 4.78 is 5.18. The SMILES string of the molecule is CCOc1cc[c]cc1C=O. The molecule has 0 heterocycles. The van der Waals surface area contributed by atoms with Gasteiger partial charge in [-0.25, -0.2) is 0 Å². The van der Waals surface area contributed by atoms with Gasteiger partial charge in [0.05, 0.1) is 12.2 Å². The van der Waals surface area contributed by atoms with Crippen LogP contribution >= 0.6 is 0 Å². The first-order chi connectivity index (χ1) is 5.38. The molecule has 0 fully saturated rings. The maximum absolute atomic E-state index is 10.4. The van der Waals surface area contributed by atoms with Gasteiger partial charge in [0.25, 0.3) is 0 Å². The molecule has 0 amide bonds. The third-order valence-electron chi connectivity index (χ3n) is 1.28. The van der Waals surface area contributed by atoms with E-state index in [9.17, 15) is 4.79 Å². The van der Waals surface area contributed by atoms with Crippen LogP contribution in [0.2, 0.25) is 0 Å². The predicted octanol–water partition coefficient (Wildman–Crippen LogP) is 1.70. The average molecular weight is 149 g/mol. The molecule has 2 heteroatoms. The van der Waals surface area contributed by atoms with Crippen LogP contribution in [-0.2, 0) is 0 Å². The molecule has 0 aliphatic carbocycles. The zero-order valence-electron chi connectivity index (χ0n) is 6.33. The normalized spacial score (nSPS) is 9.18. The lowest BCUT2D eigenvalue weighted by Crippen LogP contribution is -1.94. The molecule has 57 valence electrons. The first kappa shape index (κ1) is 7.79. The first-order valence-corrected chi connectivity index (χ1v) is 3.46. The molecule has 0 bridgehead atoms. The van der Waals surface area contributed by atoms with E-state index in [1.165, 1.54) is 0 Å². The summed E-state index contributed by atoms with van der Waals surface area (Å²) in [5.41, 5.74) is 0.550. The summed E-state index contributed by atoms with van der Waals surface area (Å²) in [6.07, 6.45) is 0.765. The zero-order chi connectivity index (χ0) is 8.10. The van der Waals surface area contributed by atoms with Crippen molar-refractivity contribution in [2.75, 3.05) is 6.61 Å². The molecule has 11 heavy (non-hydrogen) atoms. The molecular weight excluding hydrogens is 140 g/mol. The summed E-state index contributed by atoms with van der Waals surface area (Å²) >= 11 is 0. The quantitative estimate of drug-likeness (QED) is 0.611. The molecule has 0 saturated heterocycles. The second kappa shape index (κ2) is 3.76. The Labute approximate surface area is 65.8 Å². The van der Waals surface area contributed by atoms with Crippen LogP contribution in [-0.4, -0.2) is 12.9 Å². The molecule has 0 aromatic heterocycles. The van der Waals surface area contributed by atoms with Gasteiger partial charge >= 0.3 is 0 Å². The van der Waals surface area contributed by atoms with E-state index in [-0.39, 0.29) is 0 Å². The molecule has 0 N–H and O–H groups in total. The molecule has 0 atom stereocenters. The van der Waals surface area contributed by atoms with E-state index < -0.39 is 0 Å². The summed E-state index contributed by atoms with van der Waals surface area (Å²) in [7, 11) is 0. The number of hydrogen-bond donors (Lipinski definition) is 0. The molecule has 1 rings (SSSR count). The van der Waals surface area contributed by atoms with Crippen LogP contribution in [0.15, 0.2) is 18.2 Å². The Balaban J connectivity index is 2.92. The van der Waals surface area contributed by atoms with Gasteiger partial charge in [0.15, 0.2) is 6.29 Å². The minimum atomic E-state index is 0.550. The van der Waals surface area contributed by atoms with Gasteiger partial charge in [0, 0.05) is 0 Å². The molecule has 2 nitrogen and oxygen atoms in total. The van der Waals surface area contributed by atoms with Crippen molar-refractivity contribution in [2.24, 2.45) is 0 Å². The Kier molecular flexibility index (Phi) is 2.66. The fraction of sp³-hybridized carbons (Fsp3) is 0.222. The number of benzene rings is 1. The fourth-order valence-corrected chi connectivity index (χ4v) is 0.808. The molecule has 0 unspecified atom stereocenters. The van der Waals surface area contributed by atoms with Crippen molar-refractivity contribution in [3.8, 4) is 5.75 Å². The molecule has 1 radical (unpaired) electrons. The van der Waals surface area contributed by atoms with Crippen LogP contribution in [0.1, 0.15) is 17.3 Å². The maximum Gasteiger partial charge on any atom is 0.153 e. The third kappa shape index (κ3) is 1.80. The molecule has 1 aromatic rings. The number of carbonyl (C=O) groups excluding carboxylic acids is 1. The Morgan fingerprint density at radius 1 is 1.73 bits per heavy atom. The van der Waals surface area contributed by atoms with Crippen molar-refractivity contribution in [1.82, 2.24) is 0 Å². The van der Waals surface area contributed by atoms with E-state index in [1.54, 1.807) is 18.2 Å². The lowest BCUT2D eigenvalue weighted by atomic mass is 10.2. The lowest BCUT2D eigenvalue weighted by Gasteiger charge is -2.03. The van der Waals surface area contributed by atoms with Crippen molar-refractivity contribution < 1.29 is 9.53 Å². The van der Waals surface area contributed by atoms with Gasteiger partial charge in [-0.2, -0.15) is 0 Å². The second-order valence-electron chi connectivity index (χ2n) is 2.01. The van der Waals surface area contributed by atoms with Gasteiger partial charge in [0.1, 0.15) is 5.75 Å². The molecule has 1 aromatic carbocycles. The summed E-state index contributed by atoms with van der Waals surface area (Å²) in [5.74, 6) is 0.626. The van der Waals surface area contributed by atoms with Crippen LogP contribution in [0, 0.1) is 6.07 Å². The van der Waals surface area contributed by atoms with E-state index in [0.29, 0.717) is 17.9 Å². The highest BCUT2D eigenvalue weighted by atomic mass is 16.5. The summed E-state index contributed by atoms with van der Waals surface area (Å²) in [6, 6.07) is 7.86. The number of ether oxygens (including phenoxy) is 1. The van der Waals surface area contributed by atoms with Crippen molar-refractivity contribution in [2.45, 2.75) is 6.92 Å². The maximum atomic E-state index is 10.4. The highest BCUT2D eigenvalue weighted by molar-refractivity contribution is 5.78. The highest BCUT2D eigenvalue weighted by Gasteiger charge is 1.98. The molecule has 0 spiro atoms. The van der Waals surface area contributed by atoms with Crippen LogP contribution in [0.5, 0.6) is 5.75 Å². The van der Waals surface area contributed by atoms with Gasteiger partial charge < -0.3 is 4.74 Å². The highest BCUT2D eigenvalue weighted by Crippen LogP contribution is 2.14. The smallest absolute Gasteiger partial charge is 0.153 e. The molecular formula is C9H9O2. The third-order valence-corrected chi connectivity index (χ3v) is 1.28. The molecule has 0 aliphatic heterocycles. The largest absolute Gasteiger partial charge is 0.493 e. The summed E-state index contributed by atoms with van der Waals surface area (Å²) in [6.45, 7) is 2.45. The summed E-state index contributed by atoms with van der Waals surface area (Å²) in [4.78, 5) is 10.4. The standard InChI is InChI=1S/C9H9O2/c1-2-11-9-6-4-3-5-8(9)7-10/h4-7H,2H2,1H3. The van der Waals surface area contributed by atoms with Gasteiger partial charge in [-0.05, 0) is 25.1 Å². The number of aldehydes is 1. The summed E-state index contributed by atoms with van der Waals surface area (Å²) in [5, 5.41) is 0. The van der Waals surface area contributed by atoms with Gasteiger partial charge in [0.2, 0.25) is 0 Å². The number of hydrogen-bond acceptors (Lipinski definition) is 2. The Morgan fingerprint density at radius 3 is 3.18 bits per heavy atom. The fourth-order valence-electron chi connectivity index (χ4n) is 0.808. The number of rotatable bonds is 3. The van der Waals surface area contributed by atoms with Crippen molar-refractivity contribution in [3.05, 3.63) is 29.8 Å². The Hall–Kier alpha value is -1.31. The first-order valence-electron chi connectivity index (χ1n) is 3.46. The monoisotopic (exact) mass is 149 g/mol. The molecule has 0 saturated carbocycles. The van der Waals surface area contributed by atoms with Crippen LogP contribution in [0.3, 0.4) is 0 Å². The van der Waals surface area contributed by atoms with Crippen LogP contribution in [0.4, 0.5) is 0 Å². The second-order valence-corrected chi connectivity index (χ2v) is 2.01. The zero-order valence-corrected chi connectivity index (χ0v) is 6.33. The average Bonchev–Trinajstić information content (AvgIpc) is 2.06. The number of carbonyl (C=O) groups is 1. The van der Waals surface area contributed by atoms with Crippen LogP contribution in [0.25, 0.3) is 0 Å². The van der Waals surface area contributed by atoms with E-state index in [2.05, 4.69) is 6.07 Å². The van der Waals surface area contributed by atoms with Gasteiger partial charge in [-0.15, -0.1) is 0 Å². The minimum Gasteiger partial charge on any atom is -0.493 e. The topological polar surface area (TPSA) is 26.3 Å².